The Morgan fingerprint density at radius 3 is 2.52 bits per heavy atom. The van der Waals surface area contributed by atoms with Gasteiger partial charge in [-0.3, -0.25) is 0 Å². The molecule has 1 unspecified atom stereocenters. The maximum Gasteiger partial charge on any atom is 0.186 e. The summed E-state index contributed by atoms with van der Waals surface area (Å²) in [5.41, 5.74) is -0.311. The molecule has 156 valence electrons. The number of rotatable bonds is 7. The highest BCUT2D eigenvalue weighted by molar-refractivity contribution is 7.91. The third-order valence-corrected chi connectivity index (χ3v) is 7.51. The van der Waals surface area contributed by atoms with Crippen LogP contribution in [-0.2, 0) is 9.84 Å². The molecule has 2 aromatic rings. The summed E-state index contributed by atoms with van der Waals surface area (Å²) in [6, 6.07) is 7.35. The number of sulfone groups is 1. The molecule has 0 spiro atoms. The van der Waals surface area contributed by atoms with Crippen LogP contribution in [0.2, 0.25) is 5.02 Å². The Bertz CT molecular complexity index is 992. The van der Waals surface area contributed by atoms with E-state index < -0.39 is 38.7 Å². The number of hydrogen-bond acceptors (Lipinski definition) is 4. The molecule has 2 aromatic carbocycles. The molecule has 29 heavy (non-hydrogen) atoms. The van der Waals surface area contributed by atoms with E-state index in [2.05, 4.69) is 6.58 Å². The molecule has 0 saturated carbocycles. The van der Waals surface area contributed by atoms with Gasteiger partial charge in [-0.1, -0.05) is 17.7 Å². The van der Waals surface area contributed by atoms with Crippen LogP contribution in [0.25, 0.3) is 0 Å². The van der Waals surface area contributed by atoms with E-state index in [0.29, 0.717) is 11.4 Å². The minimum atomic E-state index is -4.09. The largest absolute Gasteiger partial charge is 0.490 e. The van der Waals surface area contributed by atoms with Crippen LogP contribution in [0.5, 0.6) is 5.75 Å². The second-order valence-electron chi connectivity index (χ2n) is 7.02. The van der Waals surface area contributed by atoms with Gasteiger partial charge in [0.1, 0.15) is 11.1 Å². The molecule has 8 heteroatoms. The van der Waals surface area contributed by atoms with E-state index in [-0.39, 0.29) is 35.7 Å². The van der Waals surface area contributed by atoms with Gasteiger partial charge in [-0.15, -0.1) is 6.58 Å². The van der Waals surface area contributed by atoms with E-state index in [0.717, 1.165) is 12.1 Å². The van der Waals surface area contributed by atoms with E-state index in [9.17, 15) is 22.3 Å². The van der Waals surface area contributed by atoms with Gasteiger partial charge in [0.2, 0.25) is 0 Å². The molecule has 1 aliphatic rings. The molecule has 4 nitrogen and oxygen atoms in total. The first-order valence-corrected chi connectivity index (χ1v) is 11.1. The van der Waals surface area contributed by atoms with Crippen molar-refractivity contribution in [3.05, 3.63) is 71.3 Å². The van der Waals surface area contributed by atoms with Crippen molar-refractivity contribution in [1.82, 2.24) is 0 Å². The van der Waals surface area contributed by atoms with Crippen molar-refractivity contribution in [3.63, 3.8) is 0 Å². The van der Waals surface area contributed by atoms with Gasteiger partial charge in [0.25, 0.3) is 0 Å². The molecule has 0 aliphatic carbocycles. The lowest BCUT2D eigenvalue weighted by Crippen LogP contribution is -2.33. The minimum Gasteiger partial charge on any atom is -0.490 e. The first-order chi connectivity index (χ1) is 13.8. The Balaban J connectivity index is 2.07. The molecule has 0 saturated heterocycles. The summed E-state index contributed by atoms with van der Waals surface area (Å²) in [6.45, 7) is 3.46. The quantitative estimate of drug-likeness (QED) is 0.622. The summed E-state index contributed by atoms with van der Waals surface area (Å²) in [5, 5.41) is 9.01. The second-order valence-corrected chi connectivity index (χ2v) is 9.52. The molecular weight excluding hydrogens is 422 g/mol. The van der Waals surface area contributed by atoms with Crippen LogP contribution in [0.3, 0.4) is 0 Å². The van der Waals surface area contributed by atoms with Gasteiger partial charge in [0.15, 0.2) is 21.4 Å². The molecule has 3 rings (SSSR count). The molecule has 3 atom stereocenters. The molecule has 0 bridgehead atoms. The SMILES string of the molecule is C=CCC(O)CC[C@H]1COc2c(F)ccc(F)c2[C@@H]1S(=O)(=O)c1ccc(Cl)cc1. The van der Waals surface area contributed by atoms with Crippen molar-refractivity contribution in [2.45, 2.75) is 35.5 Å². The number of hydrogen-bond donors (Lipinski definition) is 1. The highest BCUT2D eigenvalue weighted by Crippen LogP contribution is 2.47. The van der Waals surface area contributed by atoms with Crippen molar-refractivity contribution in [3.8, 4) is 5.75 Å². The number of halogens is 3. The molecule has 0 aromatic heterocycles. The summed E-state index contributed by atoms with van der Waals surface area (Å²) < 4.78 is 61.3. The first kappa shape index (κ1) is 21.7. The predicted molar refractivity (Wildman–Crippen MR) is 107 cm³/mol. The van der Waals surface area contributed by atoms with Crippen LogP contribution in [-0.4, -0.2) is 26.2 Å². The fourth-order valence-corrected chi connectivity index (χ4v) is 5.79. The molecule has 0 amide bonds. The minimum absolute atomic E-state index is 0.0416. The topological polar surface area (TPSA) is 63.6 Å². The van der Waals surface area contributed by atoms with Crippen LogP contribution in [0, 0.1) is 17.6 Å². The smallest absolute Gasteiger partial charge is 0.186 e. The van der Waals surface area contributed by atoms with Crippen LogP contribution in [0.4, 0.5) is 8.78 Å². The van der Waals surface area contributed by atoms with E-state index in [1.807, 2.05) is 0 Å². The molecule has 1 aliphatic heterocycles. The van der Waals surface area contributed by atoms with E-state index in [1.165, 1.54) is 24.3 Å². The third kappa shape index (κ3) is 4.47. The number of fused-ring (bicyclic) bond motifs is 1. The summed E-state index contributed by atoms with van der Waals surface area (Å²) in [7, 11) is -4.09. The Morgan fingerprint density at radius 2 is 1.86 bits per heavy atom. The normalized spacial score (nSPS) is 19.9. The summed E-state index contributed by atoms with van der Waals surface area (Å²) in [4.78, 5) is -0.0416. The van der Waals surface area contributed by atoms with Crippen LogP contribution in [0.1, 0.15) is 30.1 Å². The van der Waals surface area contributed by atoms with E-state index >= 15 is 0 Å². The zero-order chi connectivity index (χ0) is 21.2. The summed E-state index contributed by atoms with van der Waals surface area (Å²) in [6.07, 6.45) is 1.74. The van der Waals surface area contributed by atoms with Crippen molar-refractivity contribution in [2.24, 2.45) is 5.92 Å². The summed E-state index contributed by atoms with van der Waals surface area (Å²) in [5.74, 6) is -2.71. The number of benzene rings is 2. The van der Waals surface area contributed by atoms with Gasteiger partial charge in [-0.05, 0) is 55.7 Å². The van der Waals surface area contributed by atoms with Crippen LogP contribution < -0.4 is 4.74 Å². The van der Waals surface area contributed by atoms with Crippen LogP contribution >= 0.6 is 11.6 Å². The van der Waals surface area contributed by atoms with Gasteiger partial charge in [0.05, 0.1) is 23.2 Å². The van der Waals surface area contributed by atoms with Gasteiger partial charge in [-0.2, -0.15) is 0 Å². The Hall–Kier alpha value is -1.96. The average Bonchev–Trinajstić information content (AvgIpc) is 2.69. The second kappa shape index (κ2) is 8.81. The maximum atomic E-state index is 14.7. The predicted octanol–water partition coefficient (Wildman–Crippen LogP) is 4.86. The average molecular weight is 443 g/mol. The summed E-state index contributed by atoms with van der Waals surface area (Å²) >= 11 is 5.86. The van der Waals surface area contributed by atoms with Gasteiger partial charge in [-0.25, -0.2) is 17.2 Å². The first-order valence-electron chi connectivity index (χ1n) is 9.14. The number of ether oxygens (including phenoxy) is 1. The lowest BCUT2D eigenvalue weighted by Gasteiger charge is -2.34. The molecule has 1 heterocycles. The third-order valence-electron chi connectivity index (χ3n) is 5.04. The van der Waals surface area contributed by atoms with Crippen molar-refractivity contribution >= 4 is 21.4 Å². The van der Waals surface area contributed by atoms with Gasteiger partial charge >= 0.3 is 0 Å². The van der Waals surface area contributed by atoms with Crippen molar-refractivity contribution in [1.29, 1.82) is 0 Å². The van der Waals surface area contributed by atoms with Gasteiger partial charge < -0.3 is 9.84 Å². The Labute approximate surface area is 173 Å². The molecular formula is C21H21ClF2O4S. The van der Waals surface area contributed by atoms with Crippen molar-refractivity contribution < 1.29 is 27.0 Å². The van der Waals surface area contributed by atoms with Crippen LogP contribution in [0.15, 0.2) is 53.9 Å². The maximum absolute atomic E-state index is 14.7. The zero-order valence-corrected chi connectivity index (χ0v) is 17.1. The van der Waals surface area contributed by atoms with Gasteiger partial charge in [0, 0.05) is 10.9 Å². The standard InChI is InChI=1S/C21H21ClF2O4S/c1-2-3-15(25)7-4-13-12-28-20-18(24)11-10-17(23)19(20)21(13)29(26,27)16-8-5-14(22)6-9-16/h2,5-6,8-11,13,15,21,25H,1,3-4,7,12H2/t13-,15?,21+/m0/s1. The molecule has 0 radical (unpaired) electrons. The Morgan fingerprint density at radius 1 is 1.21 bits per heavy atom. The lowest BCUT2D eigenvalue weighted by molar-refractivity contribution is 0.137. The highest BCUT2D eigenvalue weighted by Gasteiger charge is 2.44. The fraction of sp³-hybridized carbons (Fsp3) is 0.333. The fourth-order valence-electron chi connectivity index (χ4n) is 3.60. The number of aliphatic hydroxyl groups excluding tert-OH is 1. The molecule has 0 fully saturated rings. The van der Waals surface area contributed by atoms with E-state index in [1.54, 1.807) is 6.08 Å². The number of aliphatic hydroxyl groups is 1. The Kier molecular flexibility index (Phi) is 6.61. The van der Waals surface area contributed by atoms with Crippen molar-refractivity contribution in [2.75, 3.05) is 6.61 Å². The van der Waals surface area contributed by atoms with E-state index in [4.69, 9.17) is 16.3 Å². The monoisotopic (exact) mass is 442 g/mol. The zero-order valence-electron chi connectivity index (χ0n) is 15.5. The molecule has 1 N–H and O–H groups in total. The lowest BCUT2D eigenvalue weighted by atomic mass is 9.90. The highest BCUT2D eigenvalue weighted by atomic mass is 35.5.